The van der Waals surface area contributed by atoms with Crippen LogP contribution in [0.2, 0.25) is 0 Å². The normalized spacial score (nSPS) is 14.0. The van der Waals surface area contributed by atoms with E-state index in [2.05, 4.69) is 25.2 Å². The molecule has 4 N–H and O–H groups in total. The quantitative estimate of drug-likeness (QED) is 0.469. The summed E-state index contributed by atoms with van der Waals surface area (Å²) in [6.07, 6.45) is 1.45. The summed E-state index contributed by atoms with van der Waals surface area (Å²) in [7, 11) is 0. The summed E-state index contributed by atoms with van der Waals surface area (Å²) >= 11 is 1.28. The Morgan fingerprint density at radius 3 is 2.57 bits per heavy atom. The fraction of sp³-hybridized carbons (Fsp3) is 0.286. The Hall–Kier alpha value is -3.94. The minimum atomic E-state index is -4.50. The molecule has 3 aromatic heterocycles. The van der Waals surface area contributed by atoms with E-state index in [-0.39, 0.29) is 5.56 Å². The molecule has 184 valence electrons. The number of primary amides is 1. The highest BCUT2D eigenvalue weighted by Crippen LogP contribution is 2.31. The standard InChI is InChI=1S/C21H21F3N8O2S/c22-21(23,24)12-29-18(33)14-7-13(9-26-10-14)16-11-28-20(35-16)30-17-8-15(1-2-27-17)31-3-5-32(6-4-31)19(25)34/h1-2,7-11H,3-6,12H2,(H2,25,34)(H,29,33)(H,27,28,30). The van der Waals surface area contributed by atoms with Crippen molar-refractivity contribution < 1.29 is 22.8 Å². The van der Waals surface area contributed by atoms with Crippen LogP contribution in [0.3, 0.4) is 0 Å². The first-order chi connectivity index (χ1) is 16.7. The molecule has 35 heavy (non-hydrogen) atoms. The van der Waals surface area contributed by atoms with Gasteiger partial charge in [-0.15, -0.1) is 0 Å². The molecule has 0 saturated carbocycles. The lowest BCUT2D eigenvalue weighted by Crippen LogP contribution is -2.50. The van der Waals surface area contributed by atoms with Crippen LogP contribution in [0.4, 0.5) is 34.6 Å². The molecule has 1 aliphatic heterocycles. The number of carbonyl (C=O) groups is 2. The number of anilines is 3. The number of piperazine rings is 1. The first-order valence-electron chi connectivity index (χ1n) is 10.5. The summed E-state index contributed by atoms with van der Waals surface area (Å²) < 4.78 is 37.1. The molecule has 0 atom stereocenters. The molecule has 4 heterocycles. The highest BCUT2D eigenvalue weighted by atomic mass is 32.1. The van der Waals surface area contributed by atoms with E-state index in [0.717, 1.165) is 5.69 Å². The number of nitrogens with one attached hydrogen (secondary N) is 2. The summed E-state index contributed by atoms with van der Waals surface area (Å²) in [6.45, 7) is 0.952. The summed E-state index contributed by atoms with van der Waals surface area (Å²) in [4.78, 5) is 40.3. The van der Waals surface area contributed by atoms with Gasteiger partial charge < -0.3 is 26.2 Å². The van der Waals surface area contributed by atoms with Gasteiger partial charge in [-0.1, -0.05) is 11.3 Å². The van der Waals surface area contributed by atoms with Crippen molar-refractivity contribution in [3.8, 4) is 10.4 Å². The fourth-order valence-corrected chi connectivity index (χ4v) is 4.23. The maximum absolute atomic E-state index is 12.4. The number of aromatic nitrogens is 3. The second-order valence-electron chi connectivity index (χ2n) is 7.63. The van der Waals surface area contributed by atoms with E-state index in [1.54, 1.807) is 17.3 Å². The van der Waals surface area contributed by atoms with Gasteiger partial charge in [0.05, 0.1) is 10.4 Å². The number of nitrogens with two attached hydrogens (primary N) is 1. The van der Waals surface area contributed by atoms with Gasteiger partial charge in [0, 0.05) is 68.3 Å². The molecule has 4 rings (SSSR count). The van der Waals surface area contributed by atoms with E-state index < -0.39 is 24.7 Å². The van der Waals surface area contributed by atoms with Crippen LogP contribution in [0.15, 0.2) is 43.0 Å². The SMILES string of the molecule is NC(=O)N1CCN(c2ccnc(Nc3ncc(-c4cncc(C(=O)NCC(F)(F)F)c4)s3)c2)CC1. The van der Waals surface area contributed by atoms with Gasteiger partial charge in [-0.3, -0.25) is 9.78 Å². The van der Waals surface area contributed by atoms with Crippen LogP contribution >= 0.6 is 11.3 Å². The number of nitrogens with zero attached hydrogens (tertiary/aromatic N) is 5. The van der Waals surface area contributed by atoms with E-state index in [1.807, 2.05) is 17.4 Å². The number of hydrogen-bond donors (Lipinski definition) is 3. The molecule has 0 bridgehead atoms. The second kappa shape index (κ2) is 10.1. The van der Waals surface area contributed by atoms with Crippen LogP contribution in [-0.4, -0.2) is 70.7 Å². The third kappa shape index (κ3) is 6.35. The van der Waals surface area contributed by atoms with E-state index in [9.17, 15) is 22.8 Å². The Morgan fingerprint density at radius 1 is 1.09 bits per heavy atom. The zero-order valence-electron chi connectivity index (χ0n) is 18.2. The molecule has 14 heteroatoms. The second-order valence-corrected chi connectivity index (χ2v) is 8.66. The van der Waals surface area contributed by atoms with Crippen molar-refractivity contribution in [3.05, 3.63) is 48.5 Å². The molecule has 1 fully saturated rings. The molecule has 3 aromatic rings. The first-order valence-corrected chi connectivity index (χ1v) is 11.3. The lowest BCUT2D eigenvalue weighted by Gasteiger charge is -2.35. The zero-order chi connectivity index (χ0) is 25.0. The van der Waals surface area contributed by atoms with E-state index in [0.29, 0.717) is 47.6 Å². The Bertz CT molecular complexity index is 1210. The van der Waals surface area contributed by atoms with Crippen molar-refractivity contribution in [1.29, 1.82) is 0 Å². The van der Waals surface area contributed by atoms with Crippen molar-refractivity contribution in [2.24, 2.45) is 5.73 Å². The highest BCUT2D eigenvalue weighted by molar-refractivity contribution is 7.18. The van der Waals surface area contributed by atoms with Crippen LogP contribution < -0.4 is 21.3 Å². The van der Waals surface area contributed by atoms with Gasteiger partial charge in [-0.25, -0.2) is 14.8 Å². The fourth-order valence-electron chi connectivity index (χ4n) is 3.43. The van der Waals surface area contributed by atoms with Crippen molar-refractivity contribution >= 4 is 39.9 Å². The molecule has 10 nitrogen and oxygen atoms in total. The van der Waals surface area contributed by atoms with Crippen LogP contribution in [0.1, 0.15) is 10.4 Å². The largest absolute Gasteiger partial charge is 0.405 e. The smallest absolute Gasteiger partial charge is 0.368 e. The van der Waals surface area contributed by atoms with Crippen molar-refractivity contribution in [2.75, 3.05) is 42.9 Å². The molecule has 0 unspecified atom stereocenters. The molecular formula is C21H21F3N8O2S. The molecule has 0 aliphatic carbocycles. The van der Waals surface area contributed by atoms with Gasteiger partial charge in [0.15, 0.2) is 5.13 Å². The number of pyridine rings is 2. The van der Waals surface area contributed by atoms with Gasteiger partial charge >= 0.3 is 12.2 Å². The van der Waals surface area contributed by atoms with Gasteiger partial charge in [-0.2, -0.15) is 13.2 Å². The molecule has 1 aliphatic rings. The third-order valence-electron chi connectivity index (χ3n) is 5.18. The predicted molar refractivity (Wildman–Crippen MR) is 125 cm³/mol. The van der Waals surface area contributed by atoms with Crippen LogP contribution in [0, 0.1) is 0 Å². The summed E-state index contributed by atoms with van der Waals surface area (Å²) in [5, 5.41) is 5.50. The third-order valence-corrected chi connectivity index (χ3v) is 6.14. The maximum Gasteiger partial charge on any atom is 0.405 e. The lowest BCUT2D eigenvalue weighted by atomic mass is 10.2. The van der Waals surface area contributed by atoms with Crippen molar-refractivity contribution in [1.82, 2.24) is 25.2 Å². The number of carbonyl (C=O) groups excluding carboxylic acids is 2. The topological polar surface area (TPSA) is 129 Å². The highest BCUT2D eigenvalue weighted by Gasteiger charge is 2.28. The lowest BCUT2D eigenvalue weighted by molar-refractivity contribution is -0.123. The van der Waals surface area contributed by atoms with Crippen molar-refractivity contribution in [2.45, 2.75) is 6.18 Å². The van der Waals surface area contributed by atoms with E-state index >= 15 is 0 Å². The summed E-state index contributed by atoms with van der Waals surface area (Å²) in [5.41, 5.74) is 6.83. The number of thiazole rings is 1. The maximum atomic E-state index is 12.4. The zero-order valence-corrected chi connectivity index (χ0v) is 19.1. The molecule has 0 spiro atoms. The first kappa shape index (κ1) is 24.2. The predicted octanol–water partition coefficient (Wildman–Crippen LogP) is 2.84. The van der Waals surface area contributed by atoms with Crippen LogP contribution in [0.25, 0.3) is 10.4 Å². The molecule has 0 radical (unpaired) electrons. The van der Waals surface area contributed by atoms with Gasteiger partial charge in [0.25, 0.3) is 5.91 Å². The molecule has 3 amide bonds. The Morgan fingerprint density at radius 2 is 1.86 bits per heavy atom. The molecule has 0 aromatic carbocycles. The summed E-state index contributed by atoms with van der Waals surface area (Å²) in [6, 6.07) is 4.78. The monoisotopic (exact) mass is 506 g/mol. The van der Waals surface area contributed by atoms with Crippen LogP contribution in [0.5, 0.6) is 0 Å². The molecular weight excluding hydrogens is 485 g/mol. The number of hydrogen-bond acceptors (Lipinski definition) is 8. The Labute approximate surface area is 202 Å². The van der Waals surface area contributed by atoms with Crippen molar-refractivity contribution in [3.63, 3.8) is 0 Å². The average molecular weight is 507 g/mol. The van der Waals surface area contributed by atoms with Gasteiger partial charge in [0.2, 0.25) is 0 Å². The number of amides is 3. The minimum Gasteiger partial charge on any atom is -0.368 e. The number of rotatable bonds is 6. The van der Waals surface area contributed by atoms with E-state index in [1.165, 1.54) is 29.8 Å². The van der Waals surface area contributed by atoms with Crippen LogP contribution in [-0.2, 0) is 0 Å². The van der Waals surface area contributed by atoms with Gasteiger partial charge in [-0.05, 0) is 12.1 Å². The van der Waals surface area contributed by atoms with E-state index in [4.69, 9.17) is 5.73 Å². The average Bonchev–Trinajstić information content (AvgIpc) is 3.31. The minimum absolute atomic E-state index is 0.0143. The van der Waals surface area contributed by atoms with Gasteiger partial charge in [0.1, 0.15) is 12.4 Å². The number of halogens is 3. The Kier molecular flexibility index (Phi) is 7.00. The number of alkyl halides is 3. The summed E-state index contributed by atoms with van der Waals surface area (Å²) in [5.74, 6) is -0.295. The molecule has 1 saturated heterocycles. The Balaban J connectivity index is 1.41. The number of urea groups is 1.